The van der Waals surface area contributed by atoms with Crippen molar-refractivity contribution in [2.45, 2.75) is 6.42 Å². The fraction of sp³-hybridized carbons (Fsp3) is 0.333. The van der Waals surface area contributed by atoms with Crippen molar-refractivity contribution in [2.75, 3.05) is 11.5 Å². The van der Waals surface area contributed by atoms with Crippen LogP contribution in [0.4, 0.5) is 5.69 Å². The Morgan fingerprint density at radius 1 is 0.968 bits per heavy atom. The largest absolute Gasteiger partial charge is 0.454 e. The third kappa shape index (κ3) is 2.76. The van der Waals surface area contributed by atoms with Crippen molar-refractivity contribution in [3.8, 4) is 0 Å². The van der Waals surface area contributed by atoms with Crippen LogP contribution >= 0.6 is 11.3 Å². The number of hydrogen-bond donors (Lipinski definition) is 0. The Hall–Kier alpha value is -3.06. The molecule has 7 rings (SSSR count). The number of carbonyl (C=O) groups is 4. The molecule has 6 atom stereocenters. The molecule has 6 nitrogen and oxygen atoms in total. The van der Waals surface area contributed by atoms with Gasteiger partial charge in [0, 0.05) is 0 Å². The van der Waals surface area contributed by atoms with E-state index >= 15 is 0 Å². The zero-order valence-electron chi connectivity index (χ0n) is 16.5. The molecule has 1 aromatic carbocycles. The smallest absolute Gasteiger partial charge is 0.338 e. The van der Waals surface area contributed by atoms with Crippen LogP contribution < -0.4 is 4.90 Å². The van der Waals surface area contributed by atoms with E-state index in [0.717, 1.165) is 6.42 Å². The molecule has 1 aliphatic heterocycles. The number of anilines is 1. The first kappa shape index (κ1) is 18.7. The maximum atomic E-state index is 13.2. The normalized spacial score (nSPS) is 32.1. The van der Waals surface area contributed by atoms with Gasteiger partial charge in [0.05, 0.1) is 28.0 Å². The Morgan fingerprint density at radius 3 is 2.19 bits per heavy atom. The molecule has 0 N–H and O–H groups in total. The van der Waals surface area contributed by atoms with Crippen molar-refractivity contribution in [1.82, 2.24) is 0 Å². The molecule has 31 heavy (non-hydrogen) atoms. The topological polar surface area (TPSA) is 80.8 Å². The zero-order valence-corrected chi connectivity index (χ0v) is 17.3. The van der Waals surface area contributed by atoms with Crippen LogP contribution in [0.3, 0.4) is 0 Å². The van der Waals surface area contributed by atoms with Crippen LogP contribution in [0.2, 0.25) is 0 Å². The van der Waals surface area contributed by atoms with Crippen molar-refractivity contribution < 1.29 is 23.9 Å². The first-order valence-corrected chi connectivity index (χ1v) is 11.3. The van der Waals surface area contributed by atoms with Gasteiger partial charge in [-0.1, -0.05) is 18.2 Å². The summed E-state index contributed by atoms with van der Waals surface area (Å²) < 4.78 is 5.11. The van der Waals surface area contributed by atoms with Crippen LogP contribution in [0.15, 0.2) is 53.9 Å². The first-order chi connectivity index (χ1) is 15.0. The van der Waals surface area contributed by atoms with Crippen LogP contribution in [0.1, 0.15) is 26.5 Å². The van der Waals surface area contributed by atoms with Gasteiger partial charge >= 0.3 is 5.97 Å². The summed E-state index contributed by atoms with van der Waals surface area (Å²) in [6.45, 7) is -0.328. The lowest BCUT2D eigenvalue weighted by atomic mass is 9.63. The number of allylic oxidation sites excluding steroid dienone is 2. The standard InChI is InChI=1S/C24H19NO5S/c26-18(19-2-1-9-31-19)11-30-24(29)12-3-5-13(6-4-12)25-22(27)20-14-7-8-15(17-10-16(14)17)21(20)23(25)28/h1-9,14-17,20-21H,10-11H2. The molecule has 4 aliphatic carbocycles. The predicted octanol–water partition coefficient (Wildman–Crippen LogP) is 3.35. The van der Waals surface area contributed by atoms with E-state index in [-0.39, 0.29) is 53.4 Å². The van der Waals surface area contributed by atoms with E-state index in [9.17, 15) is 19.2 Å². The van der Waals surface area contributed by atoms with E-state index in [2.05, 4.69) is 12.2 Å². The van der Waals surface area contributed by atoms with Crippen LogP contribution in [-0.4, -0.2) is 30.2 Å². The molecule has 2 aromatic rings. The minimum atomic E-state index is -0.619. The maximum Gasteiger partial charge on any atom is 0.338 e. The molecule has 7 heteroatoms. The third-order valence-corrected chi connectivity index (χ3v) is 8.07. The molecule has 2 heterocycles. The molecule has 1 aromatic heterocycles. The van der Waals surface area contributed by atoms with Gasteiger partial charge < -0.3 is 4.74 Å². The van der Waals surface area contributed by atoms with Gasteiger partial charge in [-0.3, -0.25) is 19.3 Å². The quantitative estimate of drug-likeness (QED) is 0.313. The Morgan fingerprint density at radius 2 is 1.61 bits per heavy atom. The van der Waals surface area contributed by atoms with E-state index in [4.69, 9.17) is 4.74 Å². The predicted molar refractivity (Wildman–Crippen MR) is 113 cm³/mol. The number of Topliss-reactive ketones (excluding diaryl/α,β-unsaturated/α-hetero) is 1. The average molecular weight is 433 g/mol. The number of carbonyl (C=O) groups excluding carboxylic acids is 4. The molecule has 2 amide bonds. The van der Waals surface area contributed by atoms with Crippen molar-refractivity contribution in [3.63, 3.8) is 0 Å². The molecule has 0 spiro atoms. The molecular weight excluding hydrogens is 414 g/mol. The fourth-order valence-corrected chi connectivity index (χ4v) is 6.33. The van der Waals surface area contributed by atoms with E-state index in [1.54, 1.807) is 29.6 Å². The number of imide groups is 1. The molecule has 2 bridgehead atoms. The summed E-state index contributed by atoms with van der Waals surface area (Å²) in [7, 11) is 0. The van der Waals surface area contributed by atoms with Gasteiger partial charge in [-0.25, -0.2) is 4.79 Å². The van der Waals surface area contributed by atoms with Gasteiger partial charge in [0.1, 0.15) is 0 Å². The third-order valence-electron chi connectivity index (χ3n) is 7.15. The number of rotatable bonds is 5. The van der Waals surface area contributed by atoms with Crippen LogP contribution in [-0.2, 0) is 14.3 Å². The number of thiophene rings is 1. The van der Waals surface area contributed by atoms with Crippen molar-refractivity contribution in [2.24, 2.45) is 35.5 Å². The highest BCUT2D eigenvalue weighted by atomic mass is 32.1. The molecular formula is C24H19NO5S. The second-order valence-corrected chi connectivity index (χ2v) is 9.64. The van der Waals surface area contributed by atoms with Crippen molar-refractivity contribution in [3.05, 3.63) is 64.4 Å². The molecule has 0 radical (unpaired) electrons. The van der Waals surface area contributed by atoms with Gasteiger partial charge in [-0.2, -0.15) is 0 Å². The summed E-state index contributed by atoms with van der Waals surface area (Å²) >= 11 is 1.30. The lowest BCUT2D eigenvalue weighted by Crippen LogP contribution is -2.40. The van der Waals surface area contributed by atoms with Gasteiger partial charge in [0.15, 0.2) is 6.61 Å². The number of esters is 1. The van der Waals surface area contributed by atoms with Gasteiger partial charge in [-0.05, 0) is 65.8 Å². The van der Waals surface area contributed by atoms with E-state index in [1.807, 2.05) is 0 Å². The molecule has 6 unspecified atom stereocenters. The Labute approximate surface area is 182 Å². The number of ketones is 1. The molecule has 5 aliphatic rings. The highest BCUT2D eigenvalue weighted by molar-refractivity contribution is 7.12. The number of nitrogens with zero attached hydrogens (tertiary/aromatic N) is 1. The minimum Gasteiger partial charge on any atom is -0.454 e. The number of benzene rings is 1. The molecule has 2 saturated carbocycles. The second kappa shape index (κ2) is 6.72. The Kier molecular flexibility index (Phi) is 4.05. The summed E-state index contributed by atoms with van der Waals surface area (Å²) in [5, 5.41) is 1.79. The highest BCUT2D eigenvalue weighted by Crippen LogP contribution is 2.65. The molecule has 1 saturated heterocycles. The minimum absolute atomic E-state index is 0.128. The number of amides is 2. The number of ether oxygens (including phenoxy) is 1. The average Bonchev–Trinajstić information content (AvgIpc) is 3.36. The van der Waals surface area contributed by atoms with E-state index in [1.165, 1.54) is 28.4 Å². The summed E-state index contributed by atoms with van der Waals surface area (Å²) in [6, 6.07) is 9.70. The fourth-order valence-electron chi connectivity index (χ4n) is 5.68. The van der Waals surface area contributed by atoms with Gasteiger partial charge in [0.25, 0.3) is 0 Å². The number of hydrogen-bond acceptors (Lipinski definition) is 6. The van der Waals surface area contributed by atoms with E-state index < -0.39 is 5.97 Å². The van der Waals surface area contributed by atoms with Crippen molar-refractivity contribution >= 4 is 40.6 Å². The van der Waals surface area contributed by atoms with Crippen LogP contribution in [0, 0.1) is 35.5 Å². The van der Waals surface area contributed by atoms with Gasteiger partial charge in [0.2, 0.25) is 17.6 Å². The highest BCUT2D eigenvalue weighted by Gasteiger charge is 2.67. The summed E-state index contributed by atoms with van der Waals surface area (Å²) in [5.74, 6) is -0.160. The second-order valence-electron chi connectivity index (χ2n) is 8.69. The van der Waals surface area contributed by atoms with Gasteiger partial charge in [-0.15, -0.1) is 11.3 Å². The summed E-state index contributed by atoms with van der Waals surface area (Å²) in [6.07, 6.45) is 5.41. The molecule has 3 fully saturated rings. The Bertz CT molecular complexity index is 1100. The summed E-state index contributed by atoms with van der Waals surface area (Å²) in [5.41, 5.74) is 0.742. The maximum absolute atomic E-state index is 13.2. The monoisotopic (exact) mass is 433 g/mol. The van der Waals surface area contributed by atoms with Crippen LogP contribution in [0.5, 0.6) is 0 Å². The molecule has 156 valence electrons. The first-order valence-electron chi connectivity index (χ1n) is 10.4. The Balaban J connectivity index is 1.16. The SMILES string of the molecule is O=C(OCC(=O)c1cccs1)c1ccc(N2C(=O)C3C4C=CC(C5CC45)C3C2=O)cc1. The summed E-state index contributed by atoms with van der Waals surface area (Å²) in [4.78, 5) is 52.4. The lowest BCUT2D eigenvalue weighted by Gasteiger charge is -2.37. The van der Waals surface area contributed by atoms with Crippen LogP contribution in [0.25, 0.3) is 0 Å². The van der Waals surface area contributed by atoms with Crippen molar-refractivity contribution in [1.29, 1.82) is 0 Å². The zero-order chi connectivity index (χ0) is 21.3. The van der Waals surface area contributed by atoms with E-state index in [0.29, 0.717) is 22.4 Å². The lowest BCUT2D eigenvalue weighted by molar-refractivity contribution is -0.124.